The molecule has 2 heterocycles. The third-order valence-electron chi connectivity index (χ3n) is 19.9. The lowest BCUT2D eigenvalue weighted by Gasteiger charge is -2.26. The Morgan fingerprint density at radius 3 is 2.14 bits per heavy atom. The number of hydrogen-bond donors (Lipinski definition) is 15. The number of unbranched alkanes of at least 4 members (excludes halogenated alkanes) is 3. The summed E-state index contributed by atoms with van der Waals surface area (Å²) in [7, 11) is 0. The quantitative estimate of drug-likeness (QED) is 0.0119. The van der Waals surface area contributed by atoms with E-state index in [0.717, 1.165) is 52.6 Å². The number of carbonyl (C=O) groups is 10. The average Bonchev–Trinajstić information content (AvgIpc) is 1.59. The molecule has 2 saturated carbocycles. The number of aromatic nitrogens is 3. The number of nitrogens with zero attached hydrogens (tertiary/aromatic N) is 4. The lowest BCUT2D eigenvalue weighted by atomic mass is 9.82. The number of carboxylic acid groups (broad SMARTS) is 1. The van der Waals surface area contributed by atoms with Crippen LogP contribution in [0.4, 0.5) is 4.79 Å². The van der Waals surface area contributed by atoms with Crippen LogP contribution in [0.1, 0.15) is 178 Å². The van der Waals surface area contributed by atoms with Crippen LogP contribution >= 0.6 is 0 Å². The van der Waals surface area contributed by atoms with Crippen molar-refractivity contribution in [3.63, 3.8) is 0 Å². The first-order valence-corrected chi connectivity index (χ1v) is 36.7. The molecule has 9 amide bonds. The maximum atomic E-state index is 14.3. The van der Waals surface area contributed by atoms with E-state index < -0.39 is 120 Å². The number of ether oxygens (including phenoxy) is 1. The van der Waals surface area contributed by atoms with Gasteiger partial charge in [0.1, 0.15) is 36.3 Å². The summed E-state index contributed by atoms with van der Waals surface area (Å²) >= 11 is 0. The number of fused-ring (bicyclic) bond motifs is 2. The lowest BCUT2D eigenvalue weighted by Crippen LogP contribution is -2.58. The molecule has 5 aromatic rings. The Kier molecular flexibility index (Phi) is 29.2. The van der Waals surface area contributed by atoms with Crippen molar-refractivity contribution < 1.29 is 73.1 Å². The molecular weight excluding hydrogens is 1360 g/mol. The number of nitrogens with two attached hydrogens (primary N) is 2. The summed E-state index contributed by atoms with van der Waals surface area (Å²) in [6.07, 6.45) is 13.3. The average molecular weight is 1460 g/mol. The Labute approximate surface area is 614 Å². The number of benzene rings is 4. The van der Waals surface area contributed by atoms with E-state index >= 15 is 0 Å². The molecule has 0 spiro atoms. The van der Waals surface area contributed by atoms with Crippen LogP contribution in [0.3, 0.4) is 0 Å². The third kappa shape index (κ3) is 23.7. The molecule has 0 bridgehead atoms. The van der Waals surface area contributed by atoms with Gasteiger partial charge in [0, 0.05) is 75.7 Å². The number of aliphatic carboxylic acids is 1. The first-order chi connectivity index (χ1) is 51.1. The monoisotopic (exact) mass is 1460 g/mol. The number of guanidine groups is 1. The normalized spacial score (nSPS) is 21.2. The van der Waals surface area contributed by atoms with Crippen LogP contribution in [0.5, 0.6) is 17.2 Å². The molecule has 106 heavy (non-hydrogen) atoms. The van der Waals surface area contributed by atoms with Crippen molar-refractivity contribution >= 4 is 77.4 Å². The molecule has 30 nitrogen and oxygen atoms in total. The van der Waals surface area contributed by atoms with Gasteiger partial charge in [0.05, 0.1) is 18.7 Å². The Morgan fingerprint density at radius 1 is 0.717 bits per heavy atom. The zero-order chi connectivity index (χ0) is 75.7. The maximum absolute atomic E-state index is 14.3. The number of aliphatic imine (C=N–C) groups is 1. The standard InChI is InChI=1S/C76H99N15O15/c1-2-46-38-56(46)55-21-14-20-53(55)49-28-26-47-25-27-48-18-6-7-19-54(48)64(41-50(47)37-49)106-76(105)88-58(70(100)81-33-12-11-32-80-69(99)51-39-62(92)68(98)63(93)40-51)23-9-13-35-91-44-52(89-90-91)29-30-65(94)79-31-10-8-22-59-72(102)85-57(24-15-34-82-75(77)78)71(101)83-43-66(95)84-61(42-67(96)97)74(104)87-60(73(103)86-59)36-45-16-4-3-5-17-45/h3-7,16-19,25-28,37,39-40,44,46,53,55-61,64,92-93,98H,2,8-15,20-24,29-36,38,41-43H2,1H3,(H,79,94)(H,80,99)(H,81,100)(H,83,101)(H,84,95)(H,85,102)(H,86,103)(H,87,104)(H,88,105)(H,96,97)(H4,77,78,82). The number of carboxylic acids is 1. The predicted molar refractivity (Wildman–Crippen MR) is 392 cm³/mol. The largest absolute Gasteiger partial charge is 0.504 e. The highest BCUT2D eigenvalue weighted by Crippen LogP contribution is 2.56. The van der Waals surface area contributed by atoms with Crippen molar-refractivity contribution in [3.8, 4) is 17.2 Å². The second-order valence-electron chi connectivity index (χ2n) is 27.7. The maximum Gasteiger partial charge on any atom is 0.408 e. The molecule has 0 radical (unpaired) electrons. The van der Waals surface area contributed by atoms with E-state index in [0.29, 0.717) is 68.2 Å². The molecule has 1 saturated heterocycles. The van der Waals surface area contributed by atoms with Crippen LogP contribution in [0.25, 0.3) is 12.2 Å². The summed E-state index contributed by atoms with van der Waals surface area (Å²) in [5.74, 6) is -6.49. The molecule has 10 unspecified atom stereocenters. The van der Waals surface area contributed by atoms with E-state index in [2.05, 4.69) is 100 Å². The first-order valence-electron chi connectivity index (χ1n) is 36.7. The van der Waals surface area contributed by atoms with Crippen molar-refractivity contribution in [1.29, 1.82) is 0 Å². The van der Waals surface area contributed by atoms with Crippen LogP contribution in [-0.2, 0) is 68.9 Å². The highest BCUT2D eigenvalue weighted by molar-refractivity contribution is 5.98. The fourth-order valence-corrected chi connectivity index (χ4v) is 14.2. The van der Waals surface area contributed by atoms with Crippen molar-refractivity contribution in [3.05, 3.63) is 136 Å². The smallest absolute Gasteiger partial charge is 0.408 e. The van der Waals surface area contributed by atoms with Gasteiger partial charge in [0.25, 0.3) is 5.91 Å². The molecule has 3 fully saturated rings. The van der Waals surface area contributed by atoms with Crippen molar-refractivity contribution in [2.45, 2.75) is 184 Å². The zero-order valence-electron chi connectivity index (χ0n) is 59.7. The van der Waals surface area contributed by atoms with Crippen molar-refractivity contribution in [2.75, 3.05) is 32.7 Å². The van der Waals surface area contributed by atoms with Crippen LogP contribution in [0, 0.1) is 17.8 Å². The molecule has 10 atom stereocenters. The van der Waals surface area contributed by atoms with Gasteiger partial charge >= 0.3 is 12.1 Å². The minimum atomic E-state index is -1.65. The number of phenols is 3. The Bertz CT molecular complexity index is 3950. The number of hydrogen-bond acceptors (Lipinski definition) is 17. The number of rotatable bonds is 33. The van der Waals surface area contributed by atoms with E-state index in [9.17, 15) is 68.4 Å². The SMILES string of the molecule is CCC1CC1C1CCCC1c1ccc2c(c1)CC(OC(=O)NC(CCCCn1cc(CCC(=O)NCCCCC3NC(=O)C(Cc4ccccc4)NC(=O)C(CC(=O)O)NC(=O)CNC(=O)C(CCCN=C(N)N)NC3=O)nn1)C(=O)NCCCCNC(=O)c1cc(O)c(O)c(O)c1)c1ccccc1C=C2. The van der Waals surface area contributed by atoms with Crippen LogP contribution < -0.4 is 59.3 Å². The third-order valence-corrected chi connectivity index (χ3v) is 19.9. The van der Waals surface area contributed by atoms with Gasteiger partial charge < -0.3 is 84.5 Å². The molecule has 4 aliphatic rings. The molecule has 9 rings (SSSR count). The van der Waals surface area contributed by atoms with E-state index in [1.54, 1.807) is 41.2 Å². The summed E-state index contributed by atoms with van der Waals surface area (Å²) < 4.78 is 8.02. The van der Waals surface area contributed by atoms with Gasteiger partial charge in [-0.15, -0.1) is 5.10 Å². The fourth-order valence-electron chi connectivity index (χ4n) is 14.2. The van der Waals surface area contributed by atoms with Crippen molar-refractivity contribution in [2.24, 2.45) is 34.2 Å². The second-order valence-corrected chi connectivity index (χ2v) is 27.7. The molecule has 3 aliphatic carbocycles. The molecule has 1 aromatic heterocycles. The molecule has 30 heteroatoms. The molecular formula is C76H99N15O15. The van der Waals surface area contributed by atoms with Gasteiger partial charge in [-0.2, -0.15) is 0 Å². The minimum Gasteiger partial charge on any atom is -0.504 e. The lowest BCUT2D eigenvalue weighted by molar-refractivity contribution is -0.141. The van der Waals surface area contributed by atoms with Gasteiger partial charge in [-0.05, 0) is 147 Å². The van der Waals surface area contributed by atoms with Crippen molar-refractivity contribution in [1.82, 2.24) is 62.8 Å². The van der Waals surface area contributed by atoms with E-state index in [1.165, 1.54) is 31.2 Å². The van der Waals surface area contributed by atoms with Crippen LogP contribution in [0.2, 0.25) is 0 Å². The number of carbonyl (C=O) groups excluding carboxylic acids is 9. The number of alkyl carbamates (subject to hydrolysis) is 1. The molecule has 17 N–H and O–H groups in total. The Hall–Kier alpha value is -11.1. The Morgan fingerprint density at radius 2 is 1.40 bits per heavy atom. The zero-order valence-corrected chi connectivity index (χ0v) is 59.7. The van der Waals surface area contributed by atoms with Gasteiger partial charge in [0.15, 0.2) is 23.2 Å². The minimum absolute atomic E-state index is 0.00239. The summed E-state index contributed by atoms with van der Waals surface area (Å²) in [5.41, 5.74) is 17.3. The fraction of sp³-hybridized carbons (Fsp3) is 0.487. The second kappa shape index (κ2) is 39.2. The van der Waals surface area contributed by atoms with Gasteiger partial charge in [-0.3, -0.25) is 52.8 Å². The summed E-state index contributed by atoms with van der Waals surface area (Å²) in [4.78, 5) is 139. The number of amides is 9. The molecule has 4 aromatic carbocycles. The Balaban J connectivity index is 0.783. The highest BCUT2D eigenvalue weighted by atomic mass is 16.6. The van der Waals surface area contributed by atoms with E-state index in [4.69, 9.17) is 16.2 Å². The summed E-state index contributed by atoms with van der Waals surface area (Å²) in [5, 5.41) is 71.7. The molecule has 568 valence electrons. The van der Waals surface area contributed by atoms with E-state index in [-0.39, 0.29) is 95.0 Å². The number of nitrogens with one attached hydrogen (secondary N) is 9. The molecule has 1 aliphatic heterocycles. The van der Waals surface area contributed by atoms with Gasteiger partial charge in [0.2, 0.25) is 41.4 Å². The summed E-state index contributed by atoms with van der Waals surface area (Å²) in [6.45, 7) is 2.66. The van der Waals surface area contributed by atoms with Crippen LogP contribution in [-0.4, -0.2) is 164 Å². The number of phenolic OH excluding ortho intramolecular Hbond substituents is 3. The number of aryl methyl sites for hydroxylation is 2. The topological polar surface area (TPSA) is 464 Å². The first kappa shape index (κ1) is 79.1. The van der Waals surface area contributed by atoms with Gasteiger partial charge in [-0.25, -0.2) is 4.79 Å². The van der Waals surface area contributed by atoms with Gasteiger partial charge in [-0.1, -0.05) is 110 Å². The predicted octanol–water partition coefficient (Wildman–Crippen LogP) is 4.44. The van der Waals surface area contributed by atoms with E-state index in [1.807, 2.05) is 24.3 Å². The summed E-state index contributed by atoms with van der Waals surface area (Å²) in [6, 6.07) is 18.7. The van der Waals surface area contributed by atoms with Crippen LogP contribution in [0.15, 0.2) is 96.1 Å². The highest BCUT2D eigenvalue weighted by Gasteiger charge is 2.46. The number of aromatic hydroxyl groups is 3.